The lowest BCUT2D eigenvalue weighted by Crippen LogP contribution is -2.18. The molecule has 2 N–H and O–H groups in total. The number of hydrogen-bond donors (Lipinski definition) is 1. The van der Waals surface area contributed by atoms with E-state index < -0.39 is 0 Å². The zero-order valence-electron chi connectivity index (χ0n) is 7.73. The lowest BCUT2D eigenvalue weighted by atomic mass is 10.4. The zero-order chi connectivity index (χ0) is 9.68. The lowest BCUT2D eigenvalue weighted by molar-refractivity contribution is 0.0889. The molecule has 1 unspecified atom stereocenters. The molecule has 1 aromatic rings. The Bertz CT molecular complexity index is 267. The van der Waals surface area contributed by atoms with Gasteiger partial charge in [-0.05, 0) is 6.92 Å². The molecule has 0 aliphatic carbocycles. The second kappa shape index (κ2) is 4.61. The van der Waals surface area contributed by atoms with Crippen molar-refractivity contribution in [3.63, 3.8) is 0 Å². The van der Waals surface area contributed by atoms with E-state index in [0.29, 0.717) is 18.3 Å². The minimum absolute atomic E-state index is 0.0423. The topological polar surface area (TPSA) is 70.3 Å². The van der Waals surface area contributed by atoms with Gasteiger partial charge >= 0.3 is 0 Å². The third-order valence-electron chi connectivity index (χ3n) is 1.39. The molecule has 0 aromatic carbocycles. The molecular weight excluding hydrogens is 170 g/mol. The van der Waals surface area contributed by atoms with E-state index in [0.717, 1.165) is 0 Å². The van der Waals surface area contributed by atoms with Crippen molar-refractivity contribution in [3.8, 4) is 5.88 Å². The molecule has 0 fully saturated rings. The molecule has 1 rings (SSSR count). The van der Waals surface area contributed by atoms with E-state index in [9.17, 15) is 0 Å². The first-order valence-corrected chi connectivity index (χ1v) is 3.95. The van der Waals surface area contributed by atoms with E-state index in [-0.39, 0.29) is 6.10 Å². The normalized spacial score (nSPS) is 12.5. The molecule has 72 valence electrons. The van der Waals surface area contributed by atoms with Crippen LogP contribution >= 0.6 is 0 Å². The Morgan fingerprint density at radius 2 is 2.31 bits per heavy atom. The summed E-state index contributed by atoms with van der Waals surface area (Å²) in [5, 5.41) is 0. The SMILES string of the molecule is COCC(C)Oc1cc(N)ncn1. The number of nitrogens with zero attached hydrogens (tertiary/aromatic N) is 2. The number of methoxy groups -OCH3 is 1. The second-order valence-electron chi connectivity index (χ2n) is 2.66. The number of nitrogen functional groups attached to an aromatic ring is 1. The smallest absolute Gasteiger partial charge is 0.218 e. The highest BCUT2D eigenvalue weighted by Gasteiger charge is 2.04. The first-order chi connectivity index (χ1) is 6.22. The fourth-order valence-corrected chi connectivity index (χ4v) is 0.893. The minimum Gasteiger partial charge on any atom is -0.472 e. The van der Waals surface area contributed by atoms with Crippen LogP contribution < -0.4 is 10.5 Å². The largest absolute Gasteiger partial charge is 0.472 e. The molecular formula is C8H13N3O2. The van der Waals surface area contributed by atoms with Gasteiger partial charge in [0, 0.05) is 13.2 Å². The van der Waals surface area contributed by atoms with Gasteiger partial charge in [-0.1, -0.05) is 0 Å². The molecule has 0 radical (unpaired) electrons. The summed E-state index contributed by atoms with van der Waals surface area (Å²) in [6.45, 7) is 2.41. The Balaban J connectivity index is 2.53. The van der Waals surface area contributed by atoms with Crippen LogP contribution in [0.4, 0.5) is 5.82 Å². The third kappa shape index (κ3) is 3.25. The minimum atomic E-state index is -0.0423. The maximum Gasteiger partial charge on any atom is 0.218 e. The quantitative estimate of drug-likeness (QED) is 0.734. The molecule has 1 atom stereocenters. The van der Waals surface area contributed by atoms with Crippen LogP contribution in [-0.2, 0) is 4.74 Å². The molecule has 1 heterocycles. The van der Waals surface area contributed by atoms with Gasteiger partial charge in [-0.25, -0.2) is 9.97 Å². The number of hydrogen-bond acceptors (Lipinski definition) is 5. The van der Waals surface area contributed by atoms with Gasteiger partial charge in [0.05, 0.1) is 6.61 Å². The van der Waals surface area contributed by atoms with Crippen LogP contribution in [0.1, 0.15) is 6.92 Å². The molecule has 0 aliphatic heterocycles. The van der Waals surface area contributed by atoms with Crippen LogP contribution in [0, 0.1) is 0 Å². The van der Waals surface area contributed by atoms with Gasteiger partial charge < -0.3 is 15.2 Å². The summed E-state index contributed by atoms with van der Waals surface area (Å²) in [5.41, 5.74) is 5.45. The third-order valence-corrected chi connectivity index (χ3v) is 1.39. The second-order valence-corrected chi connectivity index (χ2v) is 2.66. The summed E-state index contributed by atoms with van der Waals surface area (Å²) in [5.74, 6) is 0.867. The van der Waals surface area contributed by atoms with Gasteiger partial charge in [-0.2, -0.15) is 0 Å². The number of rotatable bonds is 4. The van der Waals surface area contributed by atoms with Crippen molar-refractivity contribution in [2.75, 3.05) is 19.5 Å². The Morgan fingerprint density at radius 1 is 1.54 bits per heavy atom. The van der Waals surface area contributed by atoms with Crippen molar-refractivity contribution < 1.29 is 9.47 Å². The maximum absolute atomic E-state index is 5.45. The molecule has 0 spiro atoms. The average molecular weight is 183 g/mol. The molecule has 13 heavy (non-hydrogen) atoms. The van der Waals surface area contributed by atoms with Gasteiger partial charge in [0.25, 0.3) is 0 Å². The van der Waals surface area contributed by atoms with E-state index in [2.05, 4.69) is 9.97 Å². The van der Waals surface area contributed by atoms with E-state index in [4.69, 9.17) is 15.2 Å². The molecule has 5 heteroatoms. The van der Waals surface area contributed by atoms with E-state index in [1.165, 1.54) is 6.33 Å². The van der Waals surface area contributed by atoms with E-state index in [1.54, 1.807) is 13.2 Å². The Kier molecular flexibility index (Phi) is 3.45. The Labute approximate surface area is 76.9 Å². The van der Waals surface area contributed by atoms with Gasteiger partial charge in [-0.3, -0.25) is 0 Å². The summed E-state index contributed by atoms with van der Waals surface area (Å²) in [7, 11) is 1.62. The predicted octanol–water partition coefficient (Wildman–Crippen LogP) is 0.473. The summed E-state index contributed by atoms with van der Waals surface area (Å²) >= 11 is 0. The van der Waals surface area contributed by atoms with Crippen molar-refractivity contribution in [3.05, 3.63) is 12.4 Å². The predicted molar refractivity (Wildman–Crippen MR) is 48.4 cm³/mol. The summed E-state index contributed by atoms with van der Waals surface area (Å²) < 4.78 is 10.3. The molecule has 5 nitrogen and oxygen atoms in total. The average Bonchev–Trinajstić information content (AvgIpc) is 2.04. The van der Waals surface area contributed by atoms with Crippen molar-refractivity contribution >= 4 is 5.82 Å². The number of anilines is 1. The summed E-state index contributed by atoms with van der Waals surface area (Å²) in [4.78, 5) is 7.64. The summed E-state index contributed by atoms with van der Waals surface area (Å²) in [6.07, 6.45) is 1.32. The maximum atomic E-state index is 5.45. The first kappa shape index (κ1) is 9.73. The molecule has 0 bridgehead atoms. The van der Waals surface area contributed by atoms with E-state index >= 15 is 0 Å². The van der Waals surface area contributed by atoms with Gasteiger partial charge in [0.2, 0.25) is 5.88 Å². The van der Waals surface area contributed by atoms with Crippen LogP contribution in [0.2, 0.25) is 0 Å². The molecule has 0 amide bonds. The van der Waals surface area contributed by atoms with E-state index in [1.807, 2.05) is 6.92 Å². The van der Waals surface area contributed by atoms with Crippen molar-refractivity contribution in [2.24, 2.45) is 0 Å². The standard InChI is InChI=1S/C8H13N3O2/c1-6(4-12-2)13-8-3-7(9)10-5-11-8/h3,5-6H,4H2,1-2H3,(H2,9,10,11). The highest BCUT2D eigenvalue weighted by Crippen LogP contribution is 2.09. The van der Waals surface area contributed by atoms with Crippen LogP contribution in [0.5, 0.6) is 5.88 Å². The zero-order valence-corrected chi connectivity index (χ0v) is 7.73. The Hall–Kier alpha value is -1.36. The van der Waals surface area contributed by atoms with Crippen molar-refractivity contribution in [2.45, 2.75) is 13.0 Å². The van der Waals surface area contributed by atoms with Crippen molar-refractivity contribution in [1.29, 1.82) is 0 Å². The fourth-order valence-electron chi connectivity index (χ4n) is 0.893. The number of aromatic nitrogens is 2. The summed E-state index contributed by atoms with van der Waals surface area (Å²) in [6, 6.07) is 1.58. The van der Waals surface area contributed by atoms with Crippen LogP contribution in [0.15, 0.2) is 12.4 Å². The fraction of sp³-hybridized carbons (Fsp3) is 0.500. The monoisotopic (exact) mass is 183 g/mol. The van der Waals surface area contributed by atoms with Crippen molar-refractivity contribution in [1.82, 2.24) is 9.97 Å². The van der Waals surface area contributed by atoms with Gasteiger partial charge in [0.15, 0.2) is 0 Å². The Morgan fingerprint density at radius 3 is 2.92 bits per heavy atom. The molecule has 0 saturated heterocycles. The first-order valence-electron chi connectivity index (χ1n) is 3.95. The highest BCUT2D eigenvalue weighted by molar-refractivity contribution is 5.30. The van der Waals surface area contributed by atoms with Crippen LogP contribution in [-0.4, -0.2) is 29.8 Å². The van der Waals surface area contributed by atoms with Gasteiger partial charge in [0.1, 0.15) is 18.2 Å². The number of ether oxygens (including phenoxy) is 2. The number of nitrogens with two attached hydrogens (primary N) is 1. The van der Waals surface area contributed by atoms with Gasteiger partial charge in [-0.15, -0.1) is 0 Å². The molecule has 1 aromatic heterocycles. The highest BCUT2D eigenvalue weighted by atomic mass is 16.5. The van der Waals surface area contributed by atoms with Crippen LogP contribution in [0.25, 0.3) is 0 Å². The van der Waals surface area contributed by atoms with Crippen LogP contribution in [0.3, 0.4) is 0 Å². The lowest BCUT2D eigenvalue weighted by Gasteiger charge is -2.12. The molecule has 0 aliphatic rings. The molecule has 0 saturated carbocycles.